The molecule has 162 valence electrons. The molecule has 3 rings (SSSR count). The number of hydrogen-bond acceptors (Lipinski definition) is 6. The summed E-state index contributed by atoms with van der Waals surface area (Å²) in [5.41, 5.74) is 1.03. The summed E-state index contributed by atoms with van der Waals surface area (Å²) in [6.45, 7) is 1.96. The molecule has 2 aromatic carbocycles. The smallest absolute Gasteiger partial charge is 0.322 e. The van der Waals surface area contributed by atoms with Crippen molar-refractivity contribution in [2.24, 2.45) is 0 Å². The van der Waals surface area contributed by atoms with Gasteiger partial charge in [-0.3, -0.25) is 9.69 Å². The molecule has 0 aromatic heterocycles. The highest BCUT2D eigenvalue weighted by Crippen LogP contribution is 2.18. The van der Waals surface area contributed by atoms with Crippen molar-refractivity contribution < 1.29 is 23.1 Å². The van der Waals surface area contributed by atoms with Gasteiger partial charge in [-0.1, -0.05) is 36.8 Å². The normalized spacial score (nSPS) is 16.1. The second-order valence-corrected chi connectivity index (χ2v) is 9.40. The third-order valence-electron chi connectivity index (χ3n) is 5.18. The predicted octanol–water partition coefficient (Wildman–Crippen LogP) is 2.53. The molecule has 1 aliphatic heterocycles. The number of ether oxygens (including phenoxy) is 1. The van der Waals surface area contributed by atoms with E-state index < -0.39 is 21.8 Å². The molecule has 8 heteroatoms. The lowest BCUT2D eigenvalue weighted by molar-refractivity contribution is -0.143. The first-order chi connectivity index (χ1) is 14.5. The largest absolute Gasteiger partial charge is 0.489 e. The lowest BCUT2D eigenvalue weighted by Gasteiger charge is -2.32. The SMILES string of the molecule is O=C(O)[C@H](CNCS(=O)(=O)c1ccc(OCc2ccccc2)cc1)N1CCCCC1. The molecule has 0 radical (unpaired) electrons. The molecule has 1 aliphatic rings. The number of aliphatic carboxylic acids is 1. The zero-order valence-corrected chi connectivity index (χ0v) is 17.7. The van der Waals surface area contributed by atoms with E-state index >= 15 is 0 Å². The maximum atomic E-state index is 12.6. The molecule has 0 saturated carbocycles. The predicted molar refractivity (Wildman–Crippen MR) is 114 cm³/mol. The summed E-state index contributed by atoms with van der Waals surface area (Å²) in [5, 5.41) is 12.3. The molecule has 7 nitrogen and oxygen atoms in total. The van der Waals surface area contributed by atoms with Crippen molar-refractivity contribution >= 4 is 15.8 Å². The highest BCUT2D eigenvalue weighted by atomic mass is 32.2. The maximum absolute atomic E-state index is 12.6. The number of benzene rings is 2. The van der Waals surface area contributed by atoms with Crippen LogP contribution < -0.4 is 10.1 Å². The fraction of sp³-hybridized carbons (Fsp3) is 0.409. The minimum Gasteiger partial charge on any atom is -0.489 e. The van der Waals surface area contributed by atoms with Crippen molar-refractivity contribution in [3.05, 3.63) is 60.2 Å². The molecule has 1 heterocycles. The Kier molecular flexibility index (Phi) is 7.84. The van der Waals surface area contributed by atoms with Crippen LogP contribution >= 0.6 is 0 Å². The average Bonchev–Trinajstić information content (AvgIpc) is 2.76. The Morgan fingerprint density at radius 2 is 1.70 bits per heavy atom. The number of carboxylic acid groups (broad SMARTS) is 1. The highest BCUT2D eigenvalue weighted by molar-refractivity contribution is 7.91. The van der Waals surface area contributed by atoms with Gasteiger partial charge in [-0.2, -0.15) is 0 Å². The number of sulfone groups is 1. The summed E-state index contributed by atoms with van der Waals surface area (Å²) in [7, 11) is -3.57. The van der Waals surface area contributed by atoms with E-state index in [1.54, 1.807) is 12.1 Å². The number of likely N-dealkylation sites (tertiary alicyclic amines) is 1. The highest BCUT2D eigenvalue weighted by Gasteiger charge is 2.27. The van der Waals surface area contributed by atoms with Gasteiger partial charge in [0.25, 0.3) is 0 Å². The van der Waals surface area contributed by atoms with Crippen LogP contribution in [0.4, 0.5) is 0 Å². The number of carboxylic acids is 1. The van der Waals surface area contributed by atoms with Crippen molar-refractivity contribution in [2.75, 3.05) is 25.5 Å². The van der Waals surface area contributed by atoms with Crippen LogP contribution in [0.25, 0.3) is 0 Å². The van der Waals surface area contributed by atoms with Crippen molar-refractivity contribution in [2.45, 2.75) is 36.8 Å². The first-order valence-corrected chi connectivity index (χ1v) is 11.8. The van der Waals surface area contributed by atoms with Gasteiger partial charge in [-0.25, -0.2) is 8.42 Å². The number of hydrogen-bond donors (Lipinski definition) is 2. The molecule has 1 saturated heterocycles. The topological polar surface area (TPSA) is 95.9 Å². The number of piperidine rings is 1. The van der Waals surface area contributed by atoms with E-state index in [9.17, 15) is 18.3 Å². The Morgan fingerprint density at radius 3 is 2.33 bits per heavy atom. The van der Waals surface area contributed by atoms with E-state index in [1.807, 2.05) is 35.2 Å². The molecule has 2 N–H and O–H groups in total. The molecule has 0 aliphatic carbocycles. The quantitative estimate of drug-likeness (QED) is 0.596. The van der Waals surface area contributed by atoms with Gasteiger partial charge < -0.3 is 15.2 Å². The van der Waals surface area contributed by atoms with Crippen LogP contribution in [0.5, 0.6) is 5.75 Å². The fourth-order valence-corrected chi connectivity index (χ4v) is 4.60. The van der Waals surface area contributed by atoms with E-state index in [0.717, 1.165) is 37.9 Å². The van der Waals surface area contributed by atoms with Crippen LogP contribution in [-0.4, -0.2) is 55.9 Å². The van der Waals surface area contributed by atoms with E-state index in [2.05, 4.69) is 5.32 Å². The molecule has 30 heavy (non-hydrogen) atoms. The summed E-state index contributed by atoms with van der Waals surface area (Å²) in [5.74, 6) is -0.655. The molecule has 2 aromatic rings. The van der Waals surface area contributed by atoms with E-state index in [4.69, 9.17) is 4.74 Å². The number of nitrogens with one attached hydrogen (secondary N) is 1. The van der Waals surface area contributed by atoms with Gasteiger partial charge in [0.1, 0.15) is 24.3 Å². The summed E-state index contributed by atoms with van der Waals surface area (Å²) in [4.78, 5) is 13.7. The van der Waals surface area contributed by atoms with Crippen LogP contribution in [-0.2, 0) is 21.2 Å². The zero-order valence-electron chi connectivity index (χ0n) is 16.9. The van der Waals surface area contributed by atoms with E-state index in [1.165, 1.54) is 12.1 Å². The summed E-state index contributed by atoms with van der Waals surface area (Å²) >= 11 is 0. The Labute approximate surface area is 177 Å². The Bertz CT molecular complexity index is 910. The van der Waals surface area contributed by atoms with Crippen molar-refractivity contribution in [1.82, 2.24) is 10.2 Å². The molecule has 0 spiro atoms. The van der Waals surface area contributed by atoms with Gasteiger partial charge in [-0.05, 0) is 55.8 Å². The van der Waals surface area contributed by atoms with Crippen molar-refractivity contribution in [1.29, 1.82) is 0 Å². The lowest BCUT2D eigenvalue weighted by Crippen LogP contribution is -2.50. The van der Waals surface area contributed by atoms with Gasteiger partial charge in [0, 0.05) is 6.54 Å². The Hall–Kier alpha value is -2.42. The second kappa shape index (κ2) is 10.6. The molecule has 0 amide bonds. The first-order valence-electron chi connectivity index (χ1n) is 10.1. The standard InChI is InChI=1S/C22H28N2O5S/c25-22(26)21(24-13-5-2-6-14-24)15-23-17-30(27,28)20-11-9-19(10-12-20)29-16-18-7-3-1-4-8-18/h1,3-4,7-12,21,23H,2,5-6,13-17H2,(H,25,26)/t21-/m0/s1. The van der Waals surface area contributed by atoms with E-state index in [-0.39, 0.29) is 17.3 Å². The van der Waals surface area contributed by atoms with Crippen LogP contribution in [0.2, 0.25) is 0 Å². The monoisotopic (exact) mass is 432 g/mol. The summed E-state index contributed by atoms with van der Waals surface area (Å²) in [6.07, 6.45) is 3.05. The summed E-state index contributed by atoms with van der Waals surface area (Å²) < 4.78 is 30.9. The minimum atomic E-state index is -3.57. The maximum Gasteiger partial charge on any atom is 0.322 e. The van der Waals surface area contributed by atoms with Gasteiger partial charge in [0.2, 0.25) is 0 Å². The Balaban J connectivity index is 1.52. The summed E-state index contributed by atoms with van der Waals surface area (Å²) in [6, 6.07) is 15.3. The lowest BCUT2D eigenvalue weighted by atomic mass is 10.1. The fourth-order valence-electron chi connectivity index (χ4n) is 3.50. The van der Waals surface area contributed by atoms with Gasteiger partial charge >= 0.3 is 5.97 Å². The molecular formula is C22H28N2O5S. The number of carbonyl (C=O) groups is 1. The third-order valence-corrected chi connectivity index (χ3v) is 6.75. The van der Waals surface area contributed by atoms with Gasteiger partial charge in [0.05, 0.1) is 4.90 Å². The Morgan fingerprint density at radius 1 is 1.03 bits per heavy atom. The zero-order chi connectivity index (χ0) is 21.4. The first kappa shape index (κ1) is 22.3. The second-order valence-electron chi connectivity index (χ2n) is 7.41. The molecule has 0 bridgehead atoms. The van der Waals surface area contributed by atoms with Gasteiger partial charge in [0.15, 0.2) is 9.84 Å². The third kappa shape index (κ3) is 6.29. The van der Waals surface area contributed by atoms with Crippen molar-refractivity contribution in [3.8, 4) is 5.75 Å². The molecule has 0 unspecified atom stereocenters. The molecular weight excluding hydrogens is 404 g/mol. The molecule has 1 fully saturated rings. The molecule has 1 atom stereocenters. The van der Waals surface area contributed by atoms with Crippen LogP contribution in [0.15, 0.2) is 59.5 Å². The van der Waals surface area contributed by atoms with Crippen molar-refractivity contribution in [3.63, 3.8) is 0 Å². The number of rotatable bonds is 10. The minimum absolute atomic E-state index is 0.0901. The average molecular weight is 433 g/mol. The van der Waals surface area contributed by atoms with Crippen LogP contribution in [0.3, 0.4) is 0 Å². The number of nitrogens with zero attached hydrogens (tertiary/aromatic N) is 1. The van der Waals surface area contributed by atoms with E-state index in [0.29, 0.717) is 12.4 Å². The van der Waals surface area contributed by atoms with Gasteiger partial charge in [-0.15, -0.1) is 0 Å². The van der Waals surface area contributed by atoms with Crippen LogP contribution in [0, 0.1) is 0 Å². The van der Waals surface area contributed by atoms with Crippen LogP contribution in [0.1, 0.15) is 24.8 Å².